The lowest BCUT2D eigenvalue weighted by Crippen LogP contribution is -1.91. The zero-order valence-electron chi connectivity index (χ0n) is 5.00. The second-order valence-corrected chi connectivity index (χ2v) is 2.87. The Kier molecular flexibility index (Phi) is 2.06. The van der Waals surface area contributed by atoms with E-state index in [9.17, 15) is 0 Å². The van der Waals surface area contributed by atoms with Crippen LogP contribution in [0.3, 0.4) is 0 Å². The summed E-state index contributed by atoms with van der Waals surface area (Å²) in [6, 6.07) is 3.66. The van der Waals surface area contributed by atoms with Gasteiger partial charge in [-0.2, -0.15) is 5.26 Å². The normalized spacial score (nSPS) is 8.80. The summed E-state index contributed by atoms with van der Waals surface area (Å²) in [5.41, 5.74) is 6.42. The fourth-order valence-electron chi connectivity index (χ4n) is 0.535. The van der Waals surface area contributed by atoms with E-state index in [0.29, 0.717) is 11.4 Å². The minimum Gasteiger partial charge on any atom is -0.397 e. The number of nitrogen functional groups attached to an aromatic ring is 1. The number of nitrogens with zero attached hydrogens (tertiary/aromatic N) is 2. The molecule has 0 atom stereocenters. The minimum absolute atomic E-state index is 0.426. The van der Waals surface area contributed by atoms with Crippen LogP contribution in [0.5, 0.6) is 0 Å². The number of aromatic nitrogens is 1. The Balaban J connectivity index is 3.23. The second-order valence-electron chi connectivity index (χ2n) is 1.71. The molecule has 0 fully saturated rings. The van der Waals surface area contributed by atoms with Crippen molar-refractivity contribution in [2.45, 2.75) is 0 Å². The van der Waals surface area contributed by atoms with Crippen LogP contribution in [0.2, 0.25) is 0 Å². The largest absolute Gasteiger partial charge is 0.397 e. The van der Waals surface area contributed by atoms with Crippen molar-refractivity contribution in [3.63, 3.8) is 0 Å². The Morgan fingerprint density at radius 2 is 2.40 bits per heavy atom. The van der Waals surface area contributed by atoms with Gasteiger partial charge in [-0.25, -0.2) is 4.98 Å². The minimum atomic E-state index is 0.426. The molecule has 0 aromatic carbocycles. The van der Waals surface area contributed by atoms with E-state index in [1.165, 1.54) is 6.20 Å². The lowest BCUT2D eigenvalue weighted by Gasteiger charge is -1.93. The monoisotopic (exact) mass is 245 g/mol. The molecule has 0 saturated carbocycles. The summed E-state index contributed by atoms with van der Waals surface area (Å²) >= 11 is 2.02. The van der Waals surface area contributed by atoms with Crippen LogP contribution in [-0.4, -0.2) is 4.98 Å². The first-order valence-electron chi connectivity index (χ1n) is 2.55. The van der Waals surface area contributed by atoms with E-state index in [2.05, 4.69) is 4.98 Å². The zero-order chi connectivity index (χ0) is 7.56. The summed E-state index contributed by atoms with van der Waals surface area (Å²) in [7, 11) is 0. The van der Waals surface area contributed by atoms with Crippen LogP contribution in [0.4, 0.5) is 5.69 Å². The first-order chi connectivity index (χ1) is 4.74. The van der Waals surface area contributed by atoms with E-state index >= 15 is 0 Å². The van der Waals surface area contributed by atoms with Gasteiger partial charge < -0.3 is 5.73 Å². The van der Waals surface area contributed by atoms with Crippen molar-refractivity contribution in [1.29, 1.82) is 5.26 Å². The predicted molar refractivity (Wildman–Crippen MR) is 46.1 cm³/mol. The van der Waals surface area contributed by atoms with Crippen molar-refractivity contribution in [3.8, 4) is 6.07 Å². The summed E-state index contributed by atoms with van der Waals surface area (Å²) in [5.74, 6) is 0. The summed E-state index contributed by atoms with van der Waals surface area (Å²) < 4.78 is 0.792. The van der Waals surface area contributed by atoms with E-state index in [-0.39, 0.29) is 0 Å². The molecule has 0 aliphatic rings. The highest BCUT2D eigenvalue weighted by molar-refractivity contribution is 14.1. The molecule has 1 heterocycles. The van der Waals surface area contributed by atoms with Crippen LogP contribution in [0, 0.1) is 14.9 Å². The standard InChI is InChI=1S/C6H4IN3/c7-5-1-4(9)3-10-6(5)2-8/h1,3H,9H2. The van der Waals surface area contributed by atoms with Crippen molar-refractivity contribution in [1.82, 2.24) is 4.98 Å². The number of nitriles is 1. The van der Waals surface area contributed by atoms with Crippen LogP contribution >= 0.6 is 22.6 Å². The van der Waals surface area contributed by atoms with Crippen LogP contribution < -0.4 is 5.73 Å². The fourth-order valence-corrected chi connectivity index (χ4v) is 1.15. The average molecular weight is 245 g/mol. The van der Waals surface area contributed by atoms with Gasteiger partial charge in [0, 0.05) is 0 Å². The zero-order valence-corrected chi connectivity index (χ0v) is 7.16. The lowest BCUT2D eigenvalue weighted by molar-refractivity contribution is 1.25. The Morgan fingerprint density at radius 3 is 2.90 bits per heavy atom. The number of rotatable bonds is 0. The van der Waals surface area contributed by atoms with Gasteiger partial charge in [0.15, 0.2) is 5.69 Å². The van der Waals surface area contributed by atoms with Crippen LogP contribution in [0.25, 0.3) is 0 Å². The Bertz CT molecular complexity index is 290. The van der Waals surface area contributed by atoms with Gasteiger partial charge in [-0.05, 0) is 28.7 Å². The van der Waals surface area contributed by atoms with Crippen LogP contribution in [0.15, 0.2) is 12.3 Å². The highest BCUT2D eigenvalue weighted by Gasteiger charge is 1.97. The first-order valence-corrected chi connectivity index (χ1v) is 3.63. The molecule has 0 saturated heterocycles. The quantitative estimate of drug-likeness (QED) is 0.697. The molecule has 2 N–H and O–H groups in total. The third-order valence-electron chi connectivity index (χ3n) is 0.968. The molecule has 0 bridgehead atoms. The Hall–Kier alpha value is -0.830. The Labute approximate surface area is 72.0 Å². The van der Waals surface area contributed by atoms with Crippen molar-refractivity contribution in [2.75, 3.05) is 5.73 Å². The second kappa shape index (κ2) is 2.84. The molecule has 0 amide bonds. The molecule has 3 nitrogen and oxygen atoms in total. The summed E-state index contributed by atoms with van der Waals surface area (Å²) in [6.07, 6.45) is 1.47. The van der Waals surface area contributed by atoms with Crippen molar-refractivity contribution in [2.24, 2.45) is 0 Å². The molecule has 4 heteroatoms. The topological polar surface area (TPSA) is 62.7 Å². The molecule has 1 aromatic rings. The number of halogens is 1. The molecule has 0 spiro atoms. The van der Waals surface area contributed by atoms with E-state index in [1.807, 2.05) is 28.7 Å². The highest BCUT2D eigenvalue weighted by atomic mass is 127. The lowest BCUT2D eigenvalue weighted by atomic mass is 10.3. The van der Waals surface area contributed by atoms with Gasteiger partial charge in [-0.15, -0.1) is 0 Å². The van der Waals surface area contributed by atoms with E-state index in [4.69, 9.17) is 11.0 Å². The fraction of sp³-hybridized carbons (Fsp3) is 0. The molecule has 0 aliphatic heterocycles. The van der Waals surface area contributed by atoms with Gasteiger partial charge >= 0.3 is 0 Å². The van der Waals surface area contributed by atoms with Crippen LogP contribution in [-0.2, 0) is 0 Å². The average Bonchev–Trinajstić information content (AvgIpc) is 1.88. The molecule has 1 aromatic heterocycles. The SMILES string of the molecule is N#Cc1ncc(N)cc1I. The van der Waals surface area contributed by atoms with Gasteiger partial charge in [-0.1, -0.05) is 0 Å². The summed E-state index contributed by atoms with van der Waals surface area (Å²) in [6.45, 7) is 0. The van der Waals surface area contributed by atoms with Crippen molar-refractivity contribution < 1.29 is 0 Å². The highest BCUT2D eigenvalue weighted by Crippen LogP contribution is 2.11. The van der Waals surface area contributed by atoms with Gasteiger partial charge in [0.2, 0.25) is 0 Å². The number of hydrogen-bond acceptors (Lipinski definition) is 3. The third kappa shape index (κ3) is 1.36. The molecule has 1 rings (SSSR count). The predicted octanol–water partition coefficient (Wildman–Crippen LogP) is 1.14. The van der Waals surface area contributed by atoms with Gasteiger partial charge in [-0.3, -0.25) is 0 Å². The molecular weight excluding hydrogens is 241 g/mol. The van der Waals surface area contributed by atoms with Gasteiger partial charge in [0.1, 0.15) is 6.07 Å². The number of pyridine rings is 1. The van der Waals surface area contributed by atoms with E-state index in [0.717, 1.165) is 3.57 Å². The molecule has 0 unspecified atom stereocenters. The molecular formula is C6H4IN3. The summed E-state index contributed by atoms with van der Waals surface area (Å²) in [5, 5.41) is 8.45. The number of hydrogen-bond donors (Lipinski definition) is 1. The van der Waals surface area contributed by atoms with E-state index in [1.54, 1.807) is 6.07 Å². The molecule has 10 heavy (non-hydrogen) atoms. The number of nitrogens with two attached hydrogens (primary N) is 1. The maximum Gasteiger partial charge on any atom is 0.153 e. The molecule has 0 radical (unpaired) electrons. The maximum atomic E-state index is 8.45. The Morgan fingerprint density at radius 1 is 1.70 bits per heavy atom. The van der Waals surface area contributed by atoms with Gasteiger partial charge in [0.25, 0.3) is 0 Å². The summed E-state index contributed by atoms with van der Waals surface area (Å²) in [4.78, 5) is 3.80. The smallest absolute Gasteiger partial charge is 0.153 e. The molecule has 0 aliphatic carbocycles. The maximum absolute atomic E-state index is 8.45. The van der Waals surface area contributed by atoms with Crippen molar-refractivity contribution >= 4 is 28.3 Å². The van der Waals surface area contributed by atoms with Gasteiger partial charge in [0.05, 0.1) is 15.5 Å². The van der Waals surface area contributed by atoms with Crippen molar-refractivity contribution in [3.05, 3.63) is 21.5 Å². The third-order valence-corrected chi connectivity index (χ3v) is 1.79. The number of anilines is 1. The molecule has 50 valence electrons. The van der Waals surface area contributed by atoms with Crippen LogP contribution in [0.1, 0.15) is 5.69 Å². The van der Waals surface area contributed by atoms with E-state index < -0.39 is 0 Å². The first kappa shape index (κ1) is 7.28.